The number of nitrogens with one attached hydrogen (secondary N) is 3. The van der Waals surface area contributed by atoms with Crippen LogP contribution in [0.2, 0.25) is 0 Å². The van der Waals surface area contributed by atoms with E-state index in [2.05, 4.69) is 22.9 Å². The molecule has 2 rings (SSSR count). The van der Waals surface area contributed by atoms with E-state index in [0.29, 0.717) is 12.8 Å². The molecule has 13 nitrogen and oxygen atoms in total. The first-order valence-electron chi connectivity index (χ1n) is 19.0. The van der Waals surface area contributed by atoms with Crippen LogP contribution >= 0.6 is 11.3 Å². The molecule has 1 saturated heterocycles. The van der Waals surface area contributed by atoms with Crippen molar-refractivity contribution in [3.63, 3.8) is 0 Å². The van der Waals surface area contributed by atoms with Gasteiger partial charge in [-0.1, -0.05) is 67.9 Å². The Balaban J connectivity index is 2.35. The average Bonchev–Trinajstić information content (AvgIpc) is 3.72. The van der Waals surface area contributed by atoms with E-state index < -0.39 is 60.2 Å². The Morgan fingerprint density at radius 3 is 2.08 bits per heavy atom. The van der Waals surface area contributed by atoms with Crippen LogP contribution in [-0.2, 0) is 39.9 Å². The van der Waals surface area contributed by atoms with Crippen molar-refractivity contribution in [2.75, 3.05) is 28.3 Å². The molecule has 1 aromatic rings. The second-order valence-corrected chi connectivity index (χ2v) is 16.6. The lowest BCUT2D eigenvalue weighted by Crippen LogP contribution is -2.60. The van der Waals surface area contributed by atoms with Gasteiger partial charge in [0.15, 0.2) is 0 Å². The summed E-state index contributed by atoms with van der Waals surface area (Å²) in [5.74, 6) is -3.18. The highest BCUT2D eigenvalue weighted by molar-refractivity contribution is 7.09. The Morgan fingerprint density at radius 2 is 1.60 bits per heavy atom. The lowest BCUT2D eigenvalue weighted by molar-refractivity contribution is -0.149. The van der Waals surface area contributed by atoms with E-state index in [1.165, 1.54) is 18.4 Å². The van der Waals surface area contributed by atoms with Gasteiger partial charge >= 0.3 is 5.97 Å². The summed E-state index contributed by atoms with van der Waals surface area (Å²) in [5.41, 5.74) is 0. The number of amides is 4. The van der Waals surface area contributed by atoms with Crippen LogP contribution < -0.4 is 16.0 Å². The Morgan fingerprint density at radius 1 is 0.981 bits per heavy atom. The largest absolute Gasteiger partial charge is 0.480 e. The fraction of sp³-hybridized carbons (Fsp3) is 0.769. The number of hydrogen-bond acceptors (Lipinski definition) is 9. The molecular weight excluding hydrogens is 699 g/mol. The normalized spacial score (nSPS) is 22.0. The summed E-state index contributed by atoms with van der Waals surface area (Å²) in [6, 6.07) is 0.193. The minimum Gasteiger partial charge on any atom is -0.480 e. The summed E-state index contributed by atoms with van der Waals surface area (Å²) < 4.78 is 12.0. The lowest BCUT2D eigenvalue weighted by Gasteiger charge is -2.41. The molecule has 0 saturated carbocycles. The molecule has 0 bridgehead atoms. The second-order valence-electron chi connectivity index (χ2n) is 15.5. The van der Waals surface area contributed by atoms with Gasteiger partial charge in [0.1, 0.15) is 12.1 Å². The SMILES string of the molecule is CC[C@H](C)[C@@H]([C@@H](CC(=O)N1C(C)[C@@H](C)C[C@H]1[C@H](OC)[C@@H](C)C(=O)N[C@@H](Cc1cccs1)C(=O)O)OC)N(C)C(=O)[C@@H](NC(=O)[C@@H](NC)C(C)C)C(C)C. The Hall–Kier alpha value is -3.07. The molecule has 1 aliphatic heterocycles. The van der Waals surface area contributed by atoms with Gasteiger partial charge in [-0.15, -0.1) is 11.3 Å². The van der Waals surface area contributed by atoms with Crippen molar-refractivity contribution in [3.8, 4) is 0 Å². The number of carboxylic acids is 1. The van der Waals surface area contributed by atoms with E-state index in [9.17, 15) is 29.1 Å². The van der Waals surface area contributed by atoms with Crippen LogP contribution in [0.1, 0.15) is 86.5 Å². The van der Waals surface area contributed by atoms with Crippen LogP contribution in [0.4, 0.5) is 0 Å². The number of carbonyl (C=O) groups excluding carboxylic acids is 4. The minimum absolute atomic E-state index is 0.0186. The summed E-state index contributed by atoms with van der Waals surface area (Å²) in [5, 5.41) is 20.5. The highest BCUT2D eigenvalue weighted by atomic mass is 32.1. The van der Waals surface area contributed by atoms with E-state index in [-0.39, 0.29) is 60.3 Å². The quantitative estimate of drug-likeness (QED) is 0.146. The number of ether oxygens (including phenoxy) is 2. The average molecular weight is 766 g/mol. The highest BCUT2D eigenvalue weighted by Crippen LogP contribution is 2.36. The summed E-state index contributed by atoms with van der Waals surface area (Å²) in [6.45, 7) is 17.5. The molecule has 302 valence electrons. The Bertz CT molecular complexity index is 1340. The highest BCUT2D eigenvalue weighted by Gasteiger charge is 2.47. The molecule has 1 aromatic heterocycles. The lowest BCUT2D eigenvalue weighted by atomic mass is 9.89. The van der Waals surface area contributed by atoms with Gasteiger partial charge in [-0.25, -0.2) is 4.79 Å². The summed E-state index contributed by atoms with van der Waals surface area (Å²) >= 11 is 1.43. The second kappa shape index (κ2) is 21.1. The smallest absolute Gasteiger partial charge is 0.326 e. The van der Waals surface area contributed by atoms with Crippen molar-refractivity contribution >= 4 is 40.9 Å². The molecule has 0 radical (unpaired) electrons. The molecule has 53 heavy (non-hydrogen) atoms. The van der Waals surface area contributed by atoms with Crippen molar-refractivity contribution in [1.29, 1.82) is 0 Å². The minimum atomic E-state index is -1.13. The Kier molecular flexibility index (Phi) is 18.4. The predicted molar refractivity (Wildman–Crippen MR) is 207 cm³/mol. The molecule has 1 fully saturated rings. The van der Waals surface area contributed by atoms with Gasteiger partial charge in [0.25, 0.3) is 0 Å². The van der Waals surface area contributed by atoms with Crippen molar-refractivity contribution in [2.24, 2.45) is 29.6 Å². The standard InChI is InChI=1S/C39H67N5O8S/c1-14-23(6)34(43(11)38(48)33(22(4)5)42-37(47)32(40-10)21(2)3)30(51-12)20-31(45)44-26(9)24(7)18-29(44)35(52-13)25(8)36(46)41-28(39(49)50)19-27-16-15-17-53-27/h15-17,21-26,28-30,32-35,40H,14,18-20H2,1-13H3,(H,41,46)(H,42,47)(H,49,50)/t23-,24-,25+,26?,28-,29-,30+,32-,33-,34-,35+/m0/s1. The van der Waals surface area contributed by atoms with E-state index in [4.69, 9.17) is 9.47 Å². The van der Waals surface area contributed by atoms with Crippen LogP contribution in [0.3, 0.4) is 0 Å². The number of aliphatic carboxylic acids is 1. The van der Waals surface area contributed by atoms with Gasteiger partial charge in [0.05, 0.1) is 42.7 Å². The first-order valence-corrected chi connectivity index (χ1v) is 19.9. The molecule has 11 atom stereocenters. The van der Waals surface area contributed by atoms with E-state index >= 15 is 0 Å². The van der Waals surface area contributed by atoms with Gasteiger partial charge in [0, 0.05) is 38.6 Å². The number of rotatable bonds is 21. The van der Waals surface area contributed by atoms with Crippen molar-refractivity contribution in [1.82, 2.24) is 25.8 Å². The predicted octanol–water partition coefficient (Wildman–Crippen LogP) is 3.80. The first-order chi connectivity index (χ1) is 24.9. The maximum absolute atomic E-state index is 14.5. The zero-order chi connectivity index (χ0) is 40.3. The molecule has 1 unspecified atom stereocenters. The number of hydrogen-bond donors (Lipinski definition) is 4. The van der Waals surface area contributed by atoms with Crippen LogP contribution in [-0.4, -0.2) is 121 Å². The van der Waals surface area contributed by atoms with Gasteiger partial charge < -0.3 is 40.3 Å². The van der Waals surface area contributed by atoms with E-state index in [1.807, 2.05) is 66.0 Å². The van der Waals surface area contributed by atoms with Gasteiger partial charge in [-0.3, -0.25) is 19.2 Å². The van der Waals surface area contributed by atoms with Gasteiger partial charge in [0.2, 0.25) is 23.6 Å². The van der Waals surface area contributed by atoms with E-state index in [0.717, 1.165) is 4.88 Å². The molecule has 0 aliphatic carbocycles. The van der Waals surface area contributed by atoms with Crippen LogP contribution in [0.5, 0.6) is 0 Å². The molecule has 0 aromatic carbocycles. The van der Waals surface area contributed by atoms with Crippen LogP contribution in [0.25, 0.3) is 0 Å². The maximum Gasteiger partial charge on any atom is 0.326 e. The Labute approximate surface area is 321 Å². The third-order valence-electron chi connectivity index (χ3n) is 11.3. The molecule has 4 N–H and O–H groups in total. The topological polar surface area (TPSA) is 167 Å². The fourth-order valence-corrected chi connectivity index (χ4v) is 8.45. The number of carbonyl (C=O) groups is 5. The van der Waals surface area contributed by atoms with Gasteiger partial charge in [-0.2, -0.15) is 0 Å². The molecule has 4 amide bonds. The third kappa shape index (κ3) is 11.7. The first kappa shape index (κ1) is 46.1. The van der Waals surface area contributed by atoms with Crippen molar-refractivity contribution in [2.45, 2.75) is 136 Å². The third-order valence-corrected chi connectivity index (χ3v) is 12.1. The number of carboxylic acid groups (broad SMARTS) is 1. The van der Waals surface area contributed by atoms with Crippen molar-refractivity contribution in [3.05, 3.63) is 22.4 Å². The number of nitrogens with zero attached hydrogens (tertiary/aromatic N) is 2. The van der Waals surface area contributed by atoms with Crippen LogP contribution in [0, 0.1) is 29.6 Å². The summed E-state index contributed by atoms with van der Waals surface area (Å²) in [6.07, 6.45) is 0.0628. The molecule has 0 spiro atoms. The van der Waals surface area contributed by atoms with Gasteiger partial charge in [-0.05, 0) is 55.5 Å². The number of methoxy groups -OCH3 is 2. The monoisotopic (exact) mass is 765 g/mol. The fourth-order valence-electron chi connectivity index (χ4n) is 7.70. The van der Waals surface area contributed by atoms with Crippen LogP contribution in [0.15, 0.2) is 17.5 Å². The number of likely N-dealkylation sites (tertiary alicyclic amines) is 1. The molecule has 2 heterocycles. The number of thiophene rings is 1. The van der Waals surface area contributed by atoms with E-state index in [1.54, 1.807) is 37.9 Å². The zero-order valence-electron chi connectivity index (χ0n) is 34.2. The molecule has 14 heteroatoms. The number of likely N-dealkylation sites (N-methyl/N-ethyl adjacent to an activating group) is 2. The zero-order valence-corrected chi connectivity index (χ0v) is 35.0. The molecule has 1 aliphatic rings. The molecular formula is C39H67N5O8S. The summed E-state index contributed by atoms with van der Waals surface area (Å²) in [7, 11) is 6.48. The van der Waals surface area contributed by atoms with Crippen molar-refractivity contribution < 1.29 is 38.6 Å². The maximum atomic E-state index is 14.5. The summed E-state index contributed by atoms with van der Waals surface area (Å²) in [4.78, 5) is 71.8.